The minimum absolute atomic E-state index is 0.0287. The number of hydrogen-bond donors (Lipinski definition) is 2. The highest BCUT2D eigenvalue weighted by Crippen LogP contribution is 2.46. The van der Waals surface area contributed by atoms with Gasteiger partial charge < -0.3 is 15.8 Å². The number of rotatable bonds is 2. The summed E-state index contributed by atoms with van der Waals surface area (Å²) in [6, 6.07) is 2.78. The van der Waals surface area contributed by atoms with Crippen LogP contribution in [0.25, 0.3) is 0 Å². The number of hydrogen-bond acceptors (Lipinski definition) is 5. The molecule has 1 aliphatic heterocycles. The van der Waals surface area contributed by atoms with Crippen molar-refractivity contribution in [2.45, 2.75) is 12.4 Å². The summed E-state index contributed by atoms with van der Waals surface area (Å²) in [4.78, 5) is 12.1. The highest BCUT2D eigenvalue weighted by atomic mass is 19.3. The van der Waals surface area contributed by atoms with E-state index in [1.54, 1.807) is 0 Å². The molecule has 0 saturated heterocycles. The molecule has 3 N–H and O–H groups in total. The molecule has 1 aromatic heterocycles. The lowest BCUT2D eigenvalue weighted by atomic mass is 10.1. The molecule has 2 aromatic rings. The number of ether oxygens (including phenoxy) is 2. The van der Waals surface area contributed by atoms with Crippen LogP contribution >= 0.6 is 0 Å². The number of alkyl halides is 4. The van der Waals surface area contributed by atoms with E-state index in [0.717, 1.165) is 18.2 Å². The van der Waals surface area contributed by atoms with E-state index in [2.05, 4.69) is 19.9 Å². The van der Waals surface area contributed by atoms with Gasteiger partial charge in [0, 0.05) is 12.7 Å². The van der Waals surface area contributed by atoms with Crippen molar-refractivity contribution in [2.24, 2.45) is 7.05 Å². The van der Waals surface area contributed by atoms with E-state index in [-0.39, 0.29) is 17.1 Å². The number of nitrogens with two attached hydrogens (primary N) is 1. The maximum atomic E-state index is 13.7. The standard InChI is InChI=1S/C13H10F4N4O3/c1-21-10(18)7(5-19-21)11(22)20-6-2-3-9-8(4-6)12(14,15)24-13(16,17)23-9/h2-5H,18H2,1H3,(H,20,22). The number of carbonyl (C=O) groups is 1. The molecule has 1 aromatic carbocycles. The number of anilines is 2. The van der Waals surface area contributed by atoms with Gasteiger partial charge in [0.05, 0.1) is 11.8 Å². The van der Waals surface area contributed by atoms with E-state index < -0.39 is 29.6 Å². The fourth-order valence-electron chi connectivity index (χ4n) is 2.10. The van der Waals surface area contributed by atoms with Crippen molar-refractivity contribution in [2.75, 3.05) is 11.1 Å². The second-order valence-corrected chi connectivity index (χ2v) is 4.92. The predicted molar refractivity (Wildman–Crippen MR) is 72.6 cm³/mol. The number of benzene rings is 1. The van der Waals surface area contributed by atoms with E-state index in [1.165, 1.54) is 17.9 Å². The second-order valence-electron chi connectivity index (χ2n) is 4.92. The van der Waals surface area contributed by atoms with Crippen LogP contribution in [-0.4, -0.2) is 22.0 Å². The van der Waals surface area contributed by atoms with Crippen LogP contribution in [0.2, 0.25) is 0 Å². The Morgan fingerprint density at radius 3 is 2.67 bits per heavy atom. The number of carbonyl (C=O) groups excluding carboxylic acids is 1. The molecule has 1 amide bonds. The Morgan fingerprint density at radius 1 is 1.33 bits per heavy atom. The lowest BCUT2D eigenvalue weighted by molar-refractivity contribution is -0.461. The van der Waals surface area contributed by atoms with Crippen molar-refractivity contribution in [3.8, 4) is 5.75 Å². The fourth-order valence-corrected chi connectivity index (χ4v) is 2.10. The molecule has 24 heavy (non-hydrogen) atoms. The quantitative estimate of drug-likeness (QED) is 0.814. The lowest BCUT2D eigenvalue weighted by Crippen LogP contribution is -2.41. The van der Waals surface area contributed by atoms with Crippen LogP contribution in [-0.2, 0) is 17.9 Å². The average molecular weight is 346 g/mol. The number of nitrogens with one attached hydrogen (secondary N) is 1. The highest BCUT2D eigenvalue weighted by molar-refractivity contribution is 6.07. The minimum Gasteiger partial charge on any atom is -0.409 e. The van der Waals surface area contributed by atoms with Crippen LogP contribution in [0, 0.1) is 0 Å². The highest BCUT2D eigenvalue weighted by Gasteiger charge is 2.54. The van der Waals surface area contributed by atoms with Gasteiger partial charge in [-0.3, -0.25) is 9.48 Å². The summed E-state index contributed by atoms with van der Waals surface area (Å²) in [7, 11) is 1.51. The van der Waals surface area contributed by atoms with Gasteiger partial charge in [0.25, 0.3) is 5.91 Å². The monoisotopic (exact) mass is 346 g/mol. The fraction of sp³-hybridized carbons (Fsp3) is 0.231. The largest absolute Gasteiger partial charge is 0.540 e. The Labute approximate surface area is 131 Å². The minimum atomic E-state index is -4.45. The number of nitrogen functional groups attached to an aromatic ring is 1. The SMILES string of the molecule is Cn1ncc(C(=O)Nc2ccc3c(c2)C(F)(F)OC(F)(F)O3)c1N. The Hall–Kier alpha value is -2.82. The summed E-state index contributed by atoms with van der Waals surface area (Å²) in [6.07, 6.45) is -7.54. The third-order valence-electron chi connectivity index (χ3n) is 3.26. The molecule has 0 radical (unpaired) electrons. The molecule has 0 fully saturated rings. The van der Waals surface area contributed by atoms with E-state index in [1.807, 2.05) is 0 Å². The van der Waals surface area contributed by atoms with Crippen LogP contribution in [0.3, 0.4) is 0 Å². The molecule has 128 valence electrons. The van der Waals surface area contributed by atoms with Gasteiger partial charge in [0.15, 0.2) is 0 Å². The van der Waals surface area contributed by atoms with Crippen LogP contribution in [0.5, 0.6) is 5.75 Å². The zero-order valence-electron chi connectivity index (χ0n) is 12.0. The molecule has 7 nitrogen and oxygen atoms in total. The first kappa shape index (κ1) is 16.1. The van der Waals surface area contributed by atoms with E-state index in [4.69, 9.17) is 5.73 Å². The number of halogens is 4. The summed E-state index contributed by atoms with van der Waals surface area (Å²) in [5, 5.41) is 6.09. The maximum Gasteiger partial charge on any atom is 0.540 e. The van der Waals surface area contributed by atoms with Crippen LogP contribution < -0.4 is 15.8 Å². The van der Waals surface area contributed by atoms with Gasteiger partial charge >= 0.3 is 12.4 Å². The zero-order chi connectivity index (χ0) is 17.7. The second kappa shape index (κ2) is 5.09. The molecule has 3 rings (SSSR count). The Morgan fingerprint density at radius 2 is 2.04 bits per heavy atom. The maximum absolute atomic E-state index is 13.7. The summed E-state index contributed by atoms with van der Waals surface area (Å²) in [5.41, 5.74) is 4.64. The first-order valence-corrected chi connectivity index (χ1v) is 6.47. The molecular formula is C13H10F4N4O3. The Kier molecular flexibility index (Phi) is 3.41. The molecular weight excluding hydrogens is 336 g/mol. The molecule has 0 atom stereocenters. The molecule has 0 saturated carbocycles. The van der Waals surface area contributed by atoms with Gasteiger partial charge in [-0.25, -0.2) is 4.74 Å². The van der Waals surface area contributed by atoms with Crippen LogP contribution in [0.15, 0.2) is 24.4 Å². The number of aromatic nitrogens is 2. The van der Waals surface area contributed by atoms with E-state index >= 15 is 0 Å². The smallest absolute Gasteiger partial charge is 0.409 e. The van der Waals surface area contributed by atoms with Crippen molar-refractivity contribution < 1.29 is 31.8 Å². The lowest BCUT2D eigenvalue weighted by Gasteiger charge is -2.30. The zero-order valence-corrected chi connectivity index (χ0v) is 12.0. The molecule has 0 bridgehead atoms. The van der Waals surface area contributed by atoms with Gasteiger partial charge in [-0.15, -0.1) is 8.78 Å². The van der Waals surface area contributed by atoms with Gasteiger partial charge in [0.1, 0.15) is 17.1 Å². The van der Waals surface area contributed by atoms with Gasteiger partial charge in [-0.2, -0.15) is 13.9 Å². The first-order valence-electron chi connectivity index (χ1n) is 6.47. The van der Waals surface area contributed by atoms with Gasteiger partial charge in [-0.1, -0.05) is 0 Å². The Bertz CT molecular complexity index is 822. The van der Waals surface area contributed by atoms with Crippen LogP contribution in [0.1, 0.15) is 15.9 Å². The average Bonchev–Trinajstić information content (AvgIpc) is 2.78. The van der Waals surface area contributed by atoms with Crippen molar-refractivity contribution in [1.82, 2.24) is 9.78 Å². The van der Waals surface area contributed by atoms with Gasteiger partial charge in [0.2, 0.25) is 0 Å². The Balaban J connectivity index is 1.89. The van der Waals surface area contributed by atoms with Crippen molar-refractivity contribution in [3.05, 3.63) is 35.5 Å². The van der Waals surface area contributed by atoms with E-state index in [9.17, 15) is 22.4 Å². The predicted octanol–water partition coefficient (Wildman–Crippen LogP) is 2.26. The topological polar surface area (TPSA) is 91.4 Å². The van der Waals surface area contributed by atoms with Gasteiger partial charge in [-0.05, 0) is 18.2 Å². The third-order valence-corrected chi connectivity index (χ3v) is 3.26. The summed E-state index contributed by atoms with van der Waals surface area (Å²) in [5.74, 6) is -1.39. The van der Waals surface area contributed by atoms with E-state index in [0.29, 0.717) is 0 Å². The van der Waals surface area contributed by atoms with Crippen molar-refractivity contribution in [3.63, 3.8) is 0 Å². The molecule has 2 heterocycles. The molecule has 0 unspecified atom stereocenters. The number of nitrogens with zero attached hydrogens (tertiary/aromatic N) is 2. The normalized spacial score (nSPS) is 17.7. The number of amides is 1. The van der Waals surface area contributed by atoms with Crippen LogP contribution in [0.4, 0.5) is 29.1 Å². The molecule has 0 aliphatic carbocycles. The summed E-state index contributed by atoms with van der Waals surface area (Å²) >= 11 is 0. The number of aryl methyl sites for hydroxylation is 1. The molecule has 1 aliphatic rings. The molecule has 0 spiro atoms. The van der Waals surface area contributed by atoms with Crippen molar-refractivity contribution in [1.29, 1.82) is 0 Å². The van der Waals surface area contributed by atoms with Crippen molar-refractivity contribution >= 4 is 17.4 Å². The molecule has 11 heteroatoms. The number of fused-ring (bicyclic) bond motifs is 1. The first-order chi connectivity index (χ1) is 11.1. The summed E-state index contributed by atoms with van der Waals surface area (Å²) < 4.78 is 61.8. The third kappa shape index (κ3) is 2.73. The summed E-state index contributed by atoms with van der Waals surface area (Å²) in [6.45, 7) is 0.